The summed E-state index contributed by atoms with van der Waals surface area (Å²) in [5.74, 6) is 0.195. The Morgan fingerprint density at radius 1 is 1.43 bits per heavy atom. The molecule has 0 saturated heterocycles. The van der Waals surface area contributed by atoms with E-state index in [9.17, 15) is 4.39 Å². The van der Waals surface area contributed by atoms with Crippen molar-refractivity contribution in [3.8, 4) is 0 Å². The maximum atomic E-state index is 13.0. The molecular weight excluding hydrogens is 177 g/mol. The molecule has 0 saturated carbocycles. The minimum Gasteiger partial charge on any atom is -0.316 e. The van der Waals surface area contributed by atoms with Crippen LogP contribution in [0.5, 0.6) is 0 Å². The highest BCUT2D eigenvalue weighted by atomic mass is 19.1. The van der Waals surface area contributed by atoms with Gasteiger partial charge in [0.25, 0.3) is 0 Å². The van der Waals surface area contributed by atoms with Crippen LogP contribution in [0.25, 0.3) is 0 Å². The first-order valence-electron chi connectivity index (χ1n) is 5.11. The van der Waals surface area contributed by atoms with Crippen LogP contribution in [-0.2, 0) is 0 Å². The molecule has 1 nitrogen and oxygen atoms in total. The normalized spacial score (nSPS) is 15.1. The standard InChI is InChI=1S/C12H18FN/c1-4-12(14-3)9(2)10-6-5-7-11(13)8-10/h5-9,12,14H,4H2,1-3H3. The van der Waals surface area contributed by atoms with Crippen molar-refractivity contribution in [2.45, 2.75) is 32.2 Å². The zero-order valence-electron chi connectivity index (χ0n) is 9.05. The largest absolute Gasteiger partial charge is 0.316 e. The van der Waals surface area contributed by atoms with E-state index in [1.165, 1.54) is 6.07 Å². The quantitative estimate of drug-likeness (QED) is 0.779. The molecule has 0 radical (unpaired) electrons. The van der Waals surface area contributed by atoms with Crippen molar-refractivity contribution in [3.63, 3.8) is 0 Å². The zero-order valence-corrected chi connectivity index (χ0v) is 9.05. The summed E-state index contributed by atoms with van der Waals surface area (Å²) in [4.78, 5) is 0. The lowest BCUT2D eigenvalue weighted by atomic mass is 9.92. The average molecular weight is 195 g/mol. The van der Waals surface area contributed by atoms with E-state index in [1.807, 2.05) is 13.1 Å². The monoisotopic (exact) mass is 195 g/mol. The molecular formula is C12H18FN. The smallest absolute Gasteiger partial charge is 0.123 e. The van der Waals surface area contributed by atoms with Crippen LogP contribution in [0.4, 0.5) is 4.39 Å². The molecule has 78 valence electrons. The number of hydrogen-bond donors (Lipinski definition) is 1. The Bertz CT molecular complexity index is 281. The van der Waals surface area contributed by atoms with Gasteiger partial charge in [-0.1, -0.05) is 26.0 Å². The third kappa shape index (κ3) is 2.55. The predicted molar refractivity (Wildman–Crippen MR) is 58.0 cm³/mol. The molecule has 0 spiro atoms. The van der Waals surface area contributed by atoms with Crippen molar-refractivity contribution in [1.82, 2.24) is 5.32 Å². The van der Waals surface area contributed by atoms with Crippen molar-refractivity contribution in [2.24, 2.45) is 0 Å². The fourth-order valence-electron chi connectivity index (χ4n) is 1.83. The highest BCUT2D eigenvalue weighted by molar-refractivity contribution is 5.21. The summed E-state index contributed by atoms with van der Waals surface area (Å²) in [7, 11) is 1.95. The van der Waals surface area contributed by atoms with Crippen molar-refractivity contribution < 1.29 is 4.39 Å². The lowest BCUT2D eigenvalue weighted by Crippen LogP contribution is -2.29. The molecule has 0 heterocycles. The van der Waals surface area contributed by atoms with Gasteiger partial charge in [0.2, 0.25) is 0 Å². The average Bonchev–Trinajstić information content (AvgIpc) is 2.19. The van der Waals surface area contributed by atoms with E-state index in [4.69, 9.17) is 0 Å². The molecule has 0 aliphatic heterocycles. The van der Waals surface area contributed by atoms with Gasteiger partial charge in [-0.25, -0.2) is 4.39 Å². The molecule has 1 rings (SSSR count). The van der Waals surface area contributed by atoms with E-state index in [1.54, 1.807) is 12.1 Å². The number of rotatable bonds is 4. The van der Waals surface area contributed by atoms with Gasteiger partial charge in [0.1, 0.15) is 5.82 Å². The van der Waals surface area contributed by atoms with E-state index in [0.29, 0.717) is 12.0 Å². The maximum absolute atomic E-state index is 13.0. The highest BCUT2D eigenvalue weighted by Gasteiger charge is 2.15. The Hall–Kier alpha value is -0.890. The van der Waals surface area contributed by atoms with E-state index < -0.39 is 0 Å². The first-order chi connectivity index (χ1) is 6.69. The van der Waals surface area contributed by atoms with Crippen LogP contribution in [0.2, 0.25) is 0 Å². The van der Waals surface area contributed by atoms with E-state index in [-0.39, 0.29) is 5.82 Å². The summed E-state index contributed by atoms with van der Waals surface area (Å²) < 4.78 is 13.0. The molecule has 1 aromatic carbocycles. The van der Waals surface area contributed by atoms with Crippen molar-refractivity contribution in [1.29, 1.82) is 0 Å². The minimum absolute atomic E-state index is 0.152. The van der Waals surface area contributed by atoms with Crippen LogP contribution < -0.4 is 5.32 Å². The first kappa shape index (κ1) is 11.2. The molecule has 2 unspecified atom stereocenters. The lowest BCUT2D eigenvalue weighted by molar-refractivity contribution is 0.471. The molecule has 0 aliphatic rings. The van der Waals surface area contributed by atoms with Crippen LogP contribution in [0.1, 0.15) is 31.7 Å². The van der Waals surface area contributed by atoms with Gasteiger partial charge in [0, 0.05) is 6.04 Å². The Morgan fingerprint density at radius 3 is 2.64 bits per heavy atom. The van der Waals surface area contributed by atoms with Crippen molar-refractivity contribution in [3.05, 3.63) is 35.6 Å². The van der Waals surface area contributed by atoms with Gasteiger partial charge in [-0.05, 0) is 37.1 Å². The van der Waals surface area contributed by atoms with Crippen LogP contribution in [0, 0.1) is 5.82 Å². The highest BCUT2D eigenvalue weighted by Crippen LogP contribution is 2.21. The zero-order chi connectivity index (χ0) is 10.6. The van der Waals surface area contributed by atoms with Gasteiger partial charge in [0.05, 0.1) is 0 Å². The molecule has 1 aromatic rings. The van der Waals surface area contributed by atoms with Gasteiger partial charge in [0.15, 0.2) is 0 Å². The molecule has 1 N–H and O–H groups in total. The van der Waals surface area contributed by atoms with Gasteiger partial charge < -0.3 is 5.32 Å². The molecule has 2 heteroatoms. The molecule has 0 fully saturated rings. The summed E-state index contributed by atoms with van der Waals surface area (Å²) in [5, 5.41) is 3.25. The van der Waals surface area contributed by atoms with Gasteiger partial charge in [-0.2, -0.15) is 0 Å². The fraction of sp³-hybridized carbons (Fsp3) is 0.500. The summed E-state index contributed by atoms with van der Waals surface area (Å²) in [6.07, 6.45) is 1.05. The number of hydrogen-bond acceptors (Lipinski definition) is 1. The van der Waals surface area contributed by atoms with Crippen molar-refractivity contribution in [2.75, 3.05) is 7.05 Å². The minimum atomic E-state index is -0.152. The maximum Gasteiger partial charge on any atom is 0.123 e. The summed E-state index contributed by atoms with van der Waals surface area (Å²) >= 11 is 0. The van der Waals surface area contributed by atoms with Crippen LogP contribution in [0.3, 0.4) is 0 Å². The van der Waals surface area contributed by atoms with Gasteiger partial charge >= 0.3 is 0 Å². The van der Waals surface area contributed by atoms with E-state index in [0.717, 1.165) is 12.0 Å². The molecule has 0 aromatic heterocycles. The molecule has 0 aliphatic carbocycles. The van der Waals surface area contributed by atoms with E-state index >= 15 is 0 Å². The van der Waals surface area contributed by atoms with Crippen molar-refractivity contribution >= 4 is 0 Å². The number of likely N-dealkylation sites (N-methyl/N-ethyl adjacent to an activating group) is 1. The second-order valence-corrected chi connectivity index (χ2v) is 3.65. The first-order valence-corrected chi connectivity index (χ1v) is 5.11. The molecule has 0 bridgehead atoms. The SMILES string of the molecule is CCC(NC)C(C)c1cccc(F)c1. The molecule has 0 amide bonds. The fourth-order valence-corrected chi connectivity index (χ4v) is 1.83. The van der Waals surface area contributed by atoms with E-state index in [2.05, 4.69) is 19.2 Å². The number of nitrogens with one attached hydrogen (secondary N) is 1. The second-order valence-electron chi connectivity index (χ2n) is 3.65. The lowest BCUT2D eigenvalue weighted by Gasteiger charge is -2.22. The third-order valence-electron chi connectivity index (χ3n) is 2.79. The summed E-state index contributed by atoms with van der Waals surface area (Å²) in [6.45, 7) is 4.26. The summed E-state index contributed by atoms with van der Waals surface area (Å²) in [5.41, 5.74) is 1.06. The van der Waals surface area contributed by atoms with Crippen LogP contribution in [-0.4, -0.2) is 13.1 Å². The van der Waals surface area contributed by atoms with Gasteiger partial charge in [-0.3, -0.25) is 0 Å². The topological polar surface area (TPSA) is 12.0 Å². The predicted octanol–water partition coefficient (Wildman–Crippen LogP) is 2.93. The number of halogens is 1. The Morgan fingerprint density at radius 2 is 2.14 bits per heavy atom. The Labute approximate surface area is 85.3 Å². The Balaban J connectivity index is 2.82. The molecule has 2 atom stereocenters. The summed E-state index contributed by atoms with van der Waals surface area (Å²) in [6, 6.07) is 7.26. The Kier molecular flexibility index (Phi) is 4.08. The van der Waals surface area contributed by atoms with Crippen LogP contribution >= 0.6 is 0 Å². The molecule has 14 heavy (non-hydrogen) atoms. The van der Waals surface area contributed by atoms with Gasteiger partial charge in [-0.15, -0.1) is 0 Å². The third-order valence-corrected chi connectivity index (χ3v) is 2.79. The van der Waals surface area contributed by atoms with Crippen LogP contribution in [0.15, 0.2) is 24.3 Å². The number of benzene rings is 1. The second kappa shape index (κ2) is 5.11.